The van der Waals surface area contributed by atoms with Crippen LogP contribution in [0.2, 0.25) is 0 Å². The highest BCUT2D eigenvalue weighted by Crippen LogP contribution is 2.32. The maximum Gasteiger partial charge on any atom is 0.238 e. The SMILES string of the molecule is CN1C(=O)C2C=CC=CC2Nc2nc(Nc3cccc(S(N)(=O)=O)c3)ncc21. The molecule has 1 aromatic heterocycles. The number of aromatic nitrogens is 2. The molecule has 4 rings (SSSR count). The van der Waals surface area contributed by atoms with Crippen LogP contribution in [0.3, 0.4) is 0 Å². The number of nitrogens with zero attached hydrogens (tertiary/aromatic N) is 3. The predicted octanol–water partition coefficient (Wildman–Crippen LogP) is 1.37. The monoisotopic (exact) mass is 398 g/mol. The Morgan fingerprint density at radius 2 is 2.04 bits per heavy atom. The van der Waals surface area contributed by atoms with E-state index in [9.17, 15) is 13.2 Å². The van der Waals surface area contributed by atoms with Crippen LogP contribution in [-0.4, -0.2) is 37.4 Å². The number of sulfonamides is 1. The average molecular weight is 398 g/mol. The van der Waals surface area contributed by atoms with Crippen LogP contribution in [0.25, 0.3) is 0 Å². The molecule has 0 spiro atoms. The number of rotatable bonds is 3. The lowest BCUT2D eigenvalue weighted by atomic mass is 9.94. The van der Waals surface area contributed by atoms with Crippen molar-refractivity contribution >= 4 is 39.1 Å². The lowest BCUT2D eigenvalue weighted by Crippen LogP contribution is -2.38. The summed E-state index contributed by atoms with van der Waals surface area (Å²) in [6, 6.07) is 5.84. The summed E-state index contributed by atoms with van der Waals surface area (Å²) in [5, 5.41) is 11.4. The van der Waals surface area contributed by atoms with E-state index in [0.717, 1.165) is 0 Å². The number of amides is 1. The van der Waals surface area contributed by atoms with E-state index < -0.39 is 10.0 Å². The third kappa shape index (κ3) is 3.35. The van der Waals surface area contributed by atoms with Crippen molar-refractivity contribution in [2.24, 2.45) is 11.1 Å². The van der Waals surface area contributed by atoms with E-state index in [0.29, 0.717) is 17.2 Å². The van der Waals surface area contributed by atoms with Gasteiger partial charge in [0.2, 0.25) is 21.9 Å². The number of nitrogens with one attached hydrogen (secondary N) is 2. The second-order valence-corrected chi connectivity index (χ2v) is 8.05. The number of carbonyl (C=O) groups excluding carboxylic acids is 1. The summed E-state index contributed by atoms with van der Waals surface area (Å²) >= 11 is 0. The van der Waals surface area contributed by atoms with E-state index in [2.05, 4.69) is 20.6 Å². The number of hydrogen-bond acceptors (Lipinski definition) is 7. The third-order valence-corrected chi connectivity index (χ3v) is 5.51. The van der Waals surface area contributed by atoms with Gasteiger partial charge in [-0.25, -0.2) is 18.5 Å². The zero-order valence-electron chi connectivity index (χ0n) is 14.9. The van der Waals surface area contributed by atoms with Crippen molar-refractivity contribution in [3.8, 4) is 0 Å². The molecule has 10 heteroatoms. The maximum atomic E-state index is 12.7. The van der Waals surface area contributed by atoms with Gasteiger partial charge in [0.1, 0.15) is 5.69 Å². The van der Waals surface area contributed by atoms with Crippen LogP contribution in [0.4, 0.5) is 23.1 Å². The zero-order valence-corrected chi connectivity index (χ0v) is 15.7. The minimum atomic E-state index is -3.81. The van der Waals surface area contributed by atoms with Gasteiger partial charge in [-0.15, -0.1) is 0 Å². The number of carbonyl (C=O) groups is 1. The molecule has 0 radical (unpaired) electrons. The molecule has 1 aromatic carbocycles. The van der Waals surface area contributed by atoms with Crippen LogP contribution in [0.15, 0.2) is 59.7 Å². The maximum absolute atomic E-state index is 12.7. The summed E-state index contributed by atoms with van der Waals surface area (Å²) in [6.45, 7) is 0. The van der Waals surface area contributed by atoms with Crippen LogP contribution < -0.4 is 20.7 Å². The molecule has 0 fully saturated rings. The number of anilines is 4. The Balaban J connectivity index is 1.66. The minimum absolute atomic E-state index is 0.0160. The Morgan fingerprint density at radius 1 is 1.25 bits per heavy atom. The summed E-state index contributed by atoms with van der Waals surface area (Å²) in [4.78, 5) is 22.9. The van der Waals surface area contributed by atoms with E-state index >= 15 is 0 Å². The Morgan fingerprint density at radius 3 is 2.82 bits per heavy atom. The highest BCUT2D eigenvalue weighted by molar-refractivity contribution is 7.89. The molecule has 0 bridgehead atoms. The molecule has 2 aliphatic rings. The molecule has 1 aliphatic heterocycles. The van der Waals surface area contributed by atoms with Gasteiger partial charge in [0, 0.05) is 12.7 Å². The highest BCUT2D eigenvalue weighted by Gasteiger charge is 2.34. The first-order chi connectivity index (χ1) is 13.3. The largest absolute Gasteiger partial charge is 0.361 e. The van der Waals surface area contributed by atoms with Gasteiger partial charge in [-0.05, 0) is 18.2 Å². The lowest BCUT2D eigenvalue weighted by Gasteiger charge is -2.22. The van der Waals surface area contributed by atoms with Gasteiger partial charge >= 0.3 is 0 Å². The van der Waals surface area contributed by atoms with Crippen molar-refractivity contribution < 1.29 is 13.2 Å². The quantitative estimate of drug-likeness (QED) is 0.712. The van der Waals surface area contributed by atoms with E-state index in [-0.39, 0.29) is 28.7 Å². The van der Waals surface area contributed by atoms with Crippen LogP contribution >= 0.6 is 0 Å². The normalized spacial score (nSPS) is 20.8. The van der Waals surface area contributed by atoms with Gasteiger partial charge in [0.05, 0.1) is 23.1 Å². The molecule has 4 N–H and O–H groups in total. The van der Waals surface area contributed by atoms with Gasteiger partial charge in [-0.1, -0.05) is 30.4 Å². The molecule has 2 unspecified atom stereocenters. The second-order valence-electron chi connectivity index (χ2n) is 6.49. The molecule has 2 atom stereocenters. The van der Waals surface area contributed by atoms with Crippen molar-refractivity contribution in [2.75, 3.05) is 22.6 Å². The standard InChI is InChI=1S/C18H18N6O3S/c1-24-15-10-20-18(21-11-5-4-6-12(9-11)28(19,26)27)23-16(15)22-14-8-3-2-7-13(14)17(24)25/h2-10,13-14H,1H3,(H2,19,26,27)(H2,20,21,22,23). The smallest absolute Gasteiger partial charge is 0.238 e. The van der Waals surface area contributed by atoms with Gasteiger partial charge in [0.15, 0.2) is 5.82 Å². The summed E-state index contributed by atoms with van der Waals surface area (Å²) in [7, 11) is -2.13. The Hall–Kier alpha value is -3.24. The Bertz CT molecular complexity index is 1110. The van der Waals surface area contributed by atoms with E-state index in [1.54, 1.807) is 25.4 Å². The molecule has 2 heterocycles. The van der Waals surface area contributed by atoms with Crippen LogP contribution in [0, 0.1) is 5.92 Å². The van der Waals surface area contributed by atoms with Crippen molar-refractivity contribution in [3.63, 3.8) is 0 Å². The highest BCUT2D eigenvalue weighted by atomic mass is 32.2. The summed E-state index contributed by atoms with van der Waals surface area (Å²) in [5.74, 6) is 0.380. The minimum Gasteiger partial charge on any atom is -0.361 e. The molecule has 1 aliphatic carbocycles. The molecule has 0 saturated carbocycles. The molecule has 2 aromatic rings. The molecule has 1 amide bonds. The first-order valence-corrected chi connectivity index (χ1v) is 10.0. The zero-order chi connectivity index (χ0) is 19.9. The molecule has 28 heavy (non-hydrogen) atoms. The predicted molar refractivity (Wildman–Crippen MR) is 106 cm³/mol. The summed E-state index contributed by atoms with van der Waals surface area (Å²) in [6.07, 6.45) is 9.04. The molecule has 144 valence electrons. The lowest BCUT2D eigenvalue weighted by molar-refractivity contribution is -0.120. The summed E-state index contributed by atoms with van der Waals surface area (Å²) < 4.78 is 23.1. The van der Waals surface area contributed by atoms with Crippen LogP contribution in [0.5, 0.6) is 0 Å². The van der Waals surface area contributed by atoms with Crippen LogP contribution in [-0.2, 0) is 14.8 Å². The van der Waals surface area contributed by atoms with Crippen molar-refractivity contribution in [3.05, 3.63) is 54.8 Å². The van der Waals surface area contributed by atoms with Gasteiger partial charge < -0.3 is 15.5 Å². The van der Waals surface area contributed by atoms with Crippen molar-refractivity contribution in [1.29, 1.82) is 0 Å². The number of fused-ring (bicyclic) bond motifs is 2. The molecule has 9 nitrogen and oxygen atoms in total. The number of benzene rings is 1. The fourth-order valence-corrected chi connectivity index (χ4v) is 3.71. The summed E-state index contributed by atoms with van der Waals surface area (Å²) in [5.41, 5.74) is 1.04. The Labute approximate surface area is 162 Å². The Kier molecular flexibility index (Phi) is 4.36. The average Bonchev–Trinajstić information content (AvgIpc) is 2.77. The van der Waals surface area contributed by atoms with Crippen molar-refractivity contribution in [2.45, 2.75) is 10.9 Å². The molecule has 0 saturated heterocycles. The van der Waals surface area contributed by atoms with Crippen LogP contribution in [0.1, 0.15) is 0 Å². The van der Waals surface area contributed by atoms with Gasteiger partial charge in [0.25, 0.3) is 0 Å². The number of nitrogens with two attached hydrogens (primary N) is 1. The van der Waals surface area contributed by atoms with E-state index in [1.807, 2.05) is 24.3 Å². The molecular formula is C18H18N6O3S. The number of allylic oxidation sites excluding steroid dienone is 2. The topological polar surface area (TPSA) is 130 Å². The molecular weight excluding hydrogens is 380 g/mol. The van der Waals surface area contributed by atoms with Crippen molar-refractivity contribution in [1.82, 2.24) is 9.97 Å². The second kappa shape index (κ2) is 6.73. The number of primary sulfonamides is 1. The van der Waals surface area contributed by atoms with E-state index in [4.69, 9.17) is 5.14 Å². The van der Waals surface area contributed by atoms with Gasteiger partial charge in [-0.2, -0.15) is 4.98 Å². The third-order valence-electron chi connectivity index (χ3n) is 4.60. The number of hydrogen-bond donors (Lipinski definition) is 3. The first kappa shape index (κ1) is 18.1. The van der Waals surface area contributed by atoms with Gasteiger partial charge in [-0.3, -0.25) is 4.79 Å². The fourth-order valence-electron chi connectivity index (χ4n) is 3.15. The fraction of sp³-hybridized carbons (Fsp3) is 0.167. The van der Waals surface area contributed by atoms with E-state index in [1.165, 1.54) is 17.0 Å². The first-order valence-electron chi connectivity index (χ1n) is 8.49.